The van der Waals surface area contributed by atoms with Crippen LogP contribution in [-0.4, -0.2) is 20.9 Å². The lowest BCUT2D eigenvalue weighted by atomic mass is 10.0. The van der Waals surface area contributed by atoms with Crippen molar-refractivity contribution in [2.24, 2.45) is 0 Å². The Labute approximate surface area is 181 Å². The van der Waals surface area contributed by atoms with Gasteiger partial charge in [0.2, 0.25) is 10.0 Å². The summed E-state index contributed by atoms with van der Waals surface area (Å²) in [6.07, 6.45) is 1.28. The van der Waals surface area contributed by atoms with Crippen molar-refractivity contribution in [3.63, 3.8) is 0 Å². The van der Waals surface area contributed by atoms with Gasteiger partial charge in [0, 0.05) is 12.6 Å². The maximum absolute atomic E-state index is 12.4. The molecule has 7 nitrogen and oxygen atoms in total. The summed E-state index contributed by atoms with van der Waals surface area (Å²) in [5, 5.41) is 0.584. The standard InChI is InChI=1S/C23H25NO6S/c1-4-5-17-14-22(26)30-20-13-16(3)12-19(23(17)20)29-21(25)10-11-24-31(27,28)18-8-6-15(2)7-9-18/h6-9,12-14,24H,4-5,10-11H2,1-3H3. The molecular formula is C23H25NO6S. The predicted octanol–water partition coefficient (Wildman–Crippen LogP) is 3.64. The highest BCUT2D eigenvalue weighted by atomic mass is 32.2. The second-order valence-corrected chi connectivity index (χ2v) is 9.18. The minimum Gasteiger partial charge on any atom is -0.426 e. The Morgan fingerprint density at radius 2 is 1.77 bits per heavy atom. The quantitative estimate of drug-likeness (QED) is 0.324. The number of nitrogens with one attached hydrogen (secondary N) is 1. The summed E-state index contributed by atoms with van der Waals surface area (Å²) >= 11 is 0. The third-order valence-electron chi connectivity index (χ3n) is 4.73. The average Bonchev–Trinajstić information content (AvgIpc) is 2.67. The Kier molecular flexibility index (Phi) is 6.92. The van der Waals surface area contributed by atoms with Crippen LogP contribution >= 0.6 is 0 Å². The van der Waals surface area contributed by atoms with Gasteiger partial charge in [0.15, 0.2) is 0 Å². The van der Waals surface area contributed by atoms with Crippen LogP contribution in [0.4, 0.5) is 0 Å². The van der Waals surface area contributed by atoms with Crippen molar-refractivity contribution in [2.75, 3.05) is 6.54 Å². The van der Waals surface area contributed by atoms with Gasteiger partial charge in [-0.1, -0.05) is 31.0 Å². The summed E-state index contributed by atoms with van der Waals surface area (Å²) < 4.78 is 37.9. The highest BCUT2D eigenvalue weighted by Crippen LogP contribution is 2.31. The molecule has 0 aliphatic carbocycles. The molecule has 2 aromatic carbocycles. The zero-order chi connectivity index (χ0) is 22.6. The lowest BCUT2D eigenvalue weighted by molar-refractivity contribution is -0.134. The van der Waals surface area contributed by atoms with Crippen molar-refractivity contribution < 1.29 is 22.4 Å². The van der Waals surface area contributed by atoms with Crippen LogP contribution < -0.4 is 15.1 Å². The maximum Gasteiger partial charge on any atom is 0.336 e. The first-order valence-corrected chi connectivity index (χ1v) is 11.5. The molecule has 0 spiro atoms. The molecule has 0 atom stereocenters. The van der Waals surface area contributed by atoms with Crippen LogP contribution in [0.3, 0.4) is 0 Å². The summed E-state index contributed by atoms with van der Waals surface area (Å²) in [5.74, 6) is -0.291. The van der Waals surface area contributed by atoms with Crippen LogP contribution in [0, 0.1) is 13.8 Å². The van der Waals surface area contributed by atoms with Gasteiger partial charge in [-0.3, -0.25) is 4.79 Å². The van der Waals surface area contributed by atoms with Gasteiger partial charge in [-0.05, 0) is 55.7 Å². The Morgan fingerprint density at radius 3 is 2.45 bits per heavy atom. The van der Waals surface area contributed by atoms with E-state index in [0.717, 1.165) is 23.1 Å². The van der Waals surface area contributed by atoms with Crippen molar-refractivity contribution >= 4 is 27.0 Å². The molecule has 31 heavy (non-hydrogen) atoms. The summed E-state index contributed by atoms with van der Waals surface area (Å²) in [5.41, 5.74) is 2.37. The largest absolute Gasteiger partial charge is 0.426 e. The molecule has 0 amide bonds. The van der Waals surface area contributed by atoms with E-state index < -0.39 is 21.6 Å². The molecule has 0 aliphatic heterocycles. The zero-order valence-corrected chi connectivity index (χ0v) is 18.5. The molecule has 1 heterocycles. The highest BCUT2D eigenvalue weighted by molar-refractivity contribution is 7.89. The number of ether oxygens (including phenoxy) is 1. The van der Waals surface area contributed by atoms with Crippen LogP contribution in [0.2, 0.25) is 0 Å². The molecule has 8 heteroatoms. The molecule has 1 N–H and O–H groups in total. The fourth-order valence-electron chi connectivity index (χ4n) is 3.28. The molecule has 0 fully saturated rings. The maximum atomic E-state index is 12.4. The van der Waals surface area contributed by atoms with Gasteiger partial charge in [0.1, 0.15) is 11.3 Å². The lowest BCUT2D eigenvalue weighted by Crippen LogP contribution is -2.27. The van der Waals surface area contributed by atoms with E-state index in [2.05, 4.69) is 4.72 Å². The molecule has 0 unspecified atom stereocenters. The van der Waals surface area contributed by atoms with E-state index in [0.29, 0.717) is 23.1 Å². The molecule has 0 bridgehead atoms. The number of carbonyl (C=O) groups is 1. The first kappa shape index (κ1) is 22.7. The lowest BCUT2D eigenvalue weighted by Gasteiger charge is -2.12. The van der Waals surface area contributed by atoms with Crippen molar-refractivity contribution in [1.82, 2.24) is 4.72 Å². The van der Waals surface area contributed by atoms with Crippen molar-refractivity contribution in [1.29, 1.82) is 0 Å². The molecule has 0 saturated heterocycles. The number of carbonyl (C=O) groups excluding carboxylic acids is 1. The van der Waals surface area contributed by atoms with Gasteiger partial charge < -0.3 is 9.15 Å². The second kappa shape index (κ2) is 9.45. The Balaban J connectivity index is 1.74. The topological polar surface area (TPSA) is 103 Å². The normalized spacial score (nSPS) is 11.6. The molecule has 0 saturated carbocycles. The van der Waals surface area contributed by atoms with Crippen molar-refractivity contribution in [2.45, 2.75) is 44.9 Å². The fraction of sp³-hybridized carbons (Fsp3) is 0.304. The van der Waals surface area contributed by atoms with E-state index in [1.165, 1.54) is 18.2 Å². The van der Waals surface area contributed by atoms with Crippen LogP contribution in [0.15, 0.2) is 56.6 Å². The summed E-state index contributed by atoms with van der Waals surface area (Å²) in [6, 6.07) is 11.3. The third-order valence-corrected chi connectivity index (χ3v) is 6.21. The number of sulfonamides is 1. The smallest absolute Gasteiger partial charge is 0.336 e. The van der Waals surface area contributed by atoms with Gasteiger partial charge >= 0.3 is 11.6 Å². The van der Waals surface area contributed by atoms with Crippen LogP contribution in [0.5, 0.6) is 5.75 Å². The molecule has 1 aromatic heterocycles. The first-order chi connectivity index (χ1) is 14.7. The number of esters is 1. The summed E-state index contributed by atoms with van der Waals surface area (Å²) in [4.78, 5) is 24.4. The van der Waals surface area contributed by atoms with Gasteiger partial charge in [0.05, 0.1) is 16.7 Å². The predicted molar refractivity (Wildman–Crippen MR) is 118 cm³/mol. The van der Waals surface area contributed by atoms with E-state index in [1.54, 1.807) is 31.2 Å². The number of aryl methyl sites for hydroxylation is 3. The number of hydrogen-bond acceptors (Lipinski definition) is 6. The fourth-order valence-corrected chi connectivity index (χ4v) is 4.31. The second-order valence-electron chi connectivity index (χ2n) is 7.41. The zero-order valence-electron chi connectivity index (χ0n) is 17.7. The monoisotopic (exact) mass is 443 g/mol. The van der Waals surface area contributed by atoms with E-state index in [9.17, 15) is 18.0 Å². The van der Waals surface area contributed by atoms with E-state index in [4.69, 9.17) is 9.15 Å². The van der Waals surface area contributed by atoms with Crippen molar-refractivity contribution in [3.8, 4) is 5.75 Å². The molecule has 0 radical (unpaired) electrons. The molecular weight excluding hydrogens is 418 g/mol. The highest BCUT2D eigenvalue weighted by Gasteiger charge is 2.17. The Bertz CT molecular complexity index is 1260. The number of fused-ring (bicyclic) bond motifs is 1. The van der Waals surface area contributed by atoms with Gasteiger partial charge in [-0.2, -0.15) is 0 Å². The van der Waals surface area contributed by atoms with Gasteiger partial charge in [0.25, 0.3) is 0 Å². The van der Waals surface area contributed by atoms with Gasteiger partial charge in [-0.15, -0.1) is 0 Å². The number of benzene rings is 2. The van der Waals surface area contributed by atoms with Crippen molar-refractivity contribution in [3.05, 3.63) is 69.6 Å². The number of rotatable bonds is 8. The summed E-state index contributed by atoms with van der Waals surface area (Å²) in [6.45, 7) is 5.56. The SMILES string of the molecule is CCCc1cc(=O)oc2cc(C)cc(OC(=O)CCNS(=O)(=O)c3ccc(C)cc3)c12. The molecule has 164 valence electrons. The molecule has 3 aromatic rings. The Hall–Kier alpha value is -2.97. The summed E-state index contributed by atoms with van der Waals surface area (Å²) in [7, 11) is -3.71. The van der Waals surface area contributed by atoms with Gasteiger partial charge in [-0.25, -0.2) is 17.9 Å². The van der Waals surface area contributed by atoms with Crippen LogP contribution in [0.25, 0.3) is 11.0 Å². The average molecular weight is 444 g/mol. The van der Waals surface area contributed by atoms with Crippen LogP contribution in [-0.2, 0) is 21.2 Å². The van der Waals surface area contributed by atoms with Crippen LogP contribution in [0.1, 0.15) is 36.5 Å². The first-order valence-electron chi connectivity index (χ1n) is 10.0. The number of hydrogen-bond donors (Lipinski definition) is 1. The minimum absolute atomic E-state index is 0.101. The molecule has 3 rings (SSSR count). The van der Waals surface area contributed by atoms with E-state index in [1.807, 2.05) is 13.8 Å². The third kappa shape index (κ3) is 5.59. The Morgan fingerprint density at radius 1 is 1.06 bits per heavy atom. The van der Waals surface area contributed by atoms with E-state index in [-0.39, 0.29) is 17.9 Å². The van der Waals surface area contributed by atoms with E-state index >= 15 is 0 Å². The minimum atomic E-state index is -3.71. The molecule has 0 aliphatic rings.